The van der Waals surface area contributed by atoms with Crippen LogP contribution in [-0.2, 0) is 11.3 Å². The summed E-state index contributed by atoms with van der Waals surface area (Å²) in [6.45, 7) is 13.6. The summed E-state index contributed by atoms with van der Waals surface area (Å²) < 4.78 is 5.28. The van der Waals surface area contributed by atoms with Crippen molar-refractivity contribution in [2.24, 2.45) is 0 Å². The van der Waals surface area contributed by atoms with Gasteiger partial charge in [-0.25, -0.2) is 0 Å². The molecule has 0 bridgehead atoms. The van der Waals surface area contributed by atoms with Crippen LogP contribution >= 0.6 is 0 Å². The summed E-state index contributed by atoms with van der Waals surface area (Å²) in [5.41, 5.74) is 3.98. The van der Waals surface area contributed by atoms with Crippen LogP contribution in [0.5, 0.6) is 0 Å². The van der Waals surface area contributed by atoms with Gasteiger partial charge in [-0.15, -0.1) is 0 Å². The molecule has 1 N–H and O–H groups in total. The lowest BCUT2D eigenvalue weighted by molar-refractivity contribution is 0.182. The molecule has 1 aromatic rings. The molecule has 0 saturated heterocycles. The van der Waals surface area contributed by atoms with Crippen LogP contribution < -0.4 is 10.2 Å². The standard InChI is InChI=1S/C17H30N2O/c1-7-19(15(5)12-20-6)17-9-8-16(10-14(17)4)11-18-13(2)3/h8-10,13,15,18H,7,11-12H2,1-6H3. The van der Waals surface area contributed by atoms with Crippen LogP contribution in [0.25, 0.3) is 0 Å². The van der Waals surface area contributed by atoms with Crippen LogP contribution in [0.4, 0.5) is 5.69 Å². The average molecular weight is 278 g/mol. The zero-order valence-corrected chi connectivity index (χ0v) is 13.9. The quantitative estimate of drug-likeness (QED) is 0.789. The highest BCUT2D eigenvalue weighted by Crippen LogP contribution is 2.23. The van der Waals surface area contributed by atoms with Crippen LogP contribution in [0.3, 0.4) is 0 Å². The summed E-state index contributed by atoms with van der Waals surface area (Å²) in [4.78, 5) is 2.40. The molecule has 0 aromatic heterocycles. The highest BCUT2D eigenvalue weighted by Gasteiger charge is 2.14. The third-order valence-electron chi connectivity index (χ3n) is 3.57. The first-order chi connectivity index (χ1) is 9.49. The number of methoxy groups -OCH3 is 1. The Morgan fingerprint density at radius 3 is 2.45 bits per heavy atom. The minimum atomic E-state index is 0.392. The van der Waals surface area contributed by atoms with Crippen molar-refractivity contribution in [1.82, 2.24) is 5.32 Å². The number of aryl methyl sites for hydroxylation is 1. The lowest BCUT2D eigenvalue weighted by Crippen LogP contribution is -2.36. The minimum absolute atomic E-state index is 0.392. The Hall–Kier alpha value is -1.06. The van der Waals surface area contributed by atoms with Gasteiger partial charge in [0.05, 0.1) is 6.61 Å². The summed E-state index contributed by atoms with van der Waals surface area (Å²) >= 11 is 0. The molecular formula is C17H30N2O. The van der Waals surface area contributed by atoms with E-state index in [2.05, 4.69) is 63.0 Å². The van der Waals surface area contributed by atoms with Gasteiger partial charge in [0.15, 0.2) is 0 Å². The smallest absolute Gasteiger partial charge is 0.0663 e. The third-order valence-corrected chi connectivity index (χ3v) is 3.57. The summed E-state index contributed by atoms with van der Waals surface area (Å²) in [5.74, 6) is 0. The van der Waals surface area contributed by atoms with Gasteiger partial charge >= 0.3 is 0 Å². The van der Waals surface area contributed by atoms with Crippen LogP contribution in [-0.4, -0.2) is 32.3 Å². The fraction of sp³-hybridized carbons (Fsp3) is 0.647. The maximum atomic E-state index is 5.28. The Bertz CT molecular complexity index is 404. The second-order valence-corrected chi connectivity index (χ2v) is 5.75. The first-order valence-electron chi connectivity index (χ1n) is 7.58. The van der Waals surface area contributed by atoms with E-state index in [-0.39, 0.29) is 0 Å². The summed E-state index contributed by atoms with van der Waals surface area (Å²) in [6, 6.07) is 7.65. The molecule has 0 spiro atoms. The van der Waals surface area contributed by atoms with Gasteiger partial charge in [-0.3, -0.25) is 0 Å². The first kappa shape index (κ1) is 17.0. The van der Waals surface area contributed by atoms with Crippen molar-refractivity contribution in [3.05, 3.63) is 29.3 Å². The van der Waals surface area contributed by atoms with Crippen LogP contribution in [0, 0.1) is 6.92 Å². The molecule has 0 aliphatic heterocycles. The van der Waals surface area contributed by atoms with E-state index in [1.807, 2.05) is 0 Å². The van der Waals surface area contributed by atoms with Crippen molar-refractivity contribution >= 4 is 5.69 Å². The fourth-order valence-electron chi connectivity index (χ4n) is 2.52. The van der Waals surface area contributed by atoms with Crippen molar-refractivity contribution in [3.63, 3.8) is 0 Å². The van der Waals surface area contributed by atoms with Crippen molar-refractivity contribution < 1.29 is 4.74 Å². The molecule has 1 aromatic carbocycles. The zero-order valence-electron chi connectivity index (χ0n) is 13.9. The topological polar surface area (TPSA) is 24.5 Å². The maximum absolute atomic E-state index is 5.28. The van der Waals surface area contributed by atoms with E-state index in [4.69, 9.17) is 4.74 Å². The number of benzene rings is 1. The maximum Gasteiger partial charge on any atom is 0.0663 e. The van der Waals surface area contributed by atoms with Crippen LogP contribution in [0.2, 0.25) is 0 Å². The van der Waals surface area contributed by atoms with Crippen molar-refractivity contribution in [1.29, 1.82) is 0 Å². The Morgan fingerprint density at radius 2 is 1.95 bits per heavy atom. The number of hydrogen-bond donors (Lipinski definition) is 1. The molecular weight excluding hydrogens is 248 g/mol. The van der Waals surface area contributed by atoms with Crippen molar-refractivity contribution in [2.45, 2.75) is 53.2 Å². The van der Waals surface area contributed by atoms with E-state index in [1.165, 1.54) is 16.8 Å². The molecule has 3 heteroatoms. The molecule has 0 aliphatic carbocycles. The molecule has 0 heterocycles. The molecule has 0 fully saturated rings. The molecule has 0 radical (unpaired) electrons. The Kier molecular flexibility index (Phi) is 7.03. The van der Waals surface area contributed by atoms with E-state index in [0.29, 0.717) is 12.1 Å². The molecule has 0 saturated carbocycles. The minimum Gasteiger partial charge on any atom is -0.383 e. The lowest BCUT2D eigenvalue weighted by atomic mass is 10.1. The molecule has 0 aliphatic rings. The Morgan fingerprint density at radius 1 is 1.25 bits per heavy atom. The monoisotopic (exact) mass is 278 g/mol. The normalized spacial score (nSPS) is 12.8. The number of anilines is 1. The van der Waals surface area contributed by atoms with Gasteiger partial charge < -0.3 is 15.0 Å². The molecule has 3 nitrogen and oxygen atoms in total. The molecule has 20 heavy (non-hydrogen) atoms. The van der Waals surface area contributed by atoms with Gasteiger partial charge in [0.2, 0.25) is 0 Å². The second-order valence-electron chi connectivity index (χ2n) is 5.75. The van der Waals surface area contributed by atoms with E-state index in [1.54, 1.807) is 7.11 Å². The first-order valence-corrected chi connectivity index (χ1v) is 7.58. The van der Waals surface area contributed by atoms with Gasteiger partial charge in [0.25, 0.3) is 0 Å². The fourth-order valence-corrected chi connectivity index (χ4v) is 2.52. The molecule has 1 atom stereocenters. The number of nitrogens with one attached hydrogen (secondary N) is 1. The molecule has 1 unspecified atom stereocenters. The van der Waals surface area contributed by atoms with Gasteiger partial charge in [-0.1, -0.05) is 26.0 Å². The highest BCUT2D eigenvalue weighted by molar-refractivity contribution is 5.55. The van der Waals surface area contributed by atoms with Gasteiger partial charge in [0.1, 0.15) is 0 Å². The van der Waals surface area contributed by atoms with Gasteiger partial charge in [-0.05, 0) is 38.0 Å². The third kappa shape index (κ3) is 4.80. The molecule has 0 amide bonds. The summed E-state index contributed by atoms with van der Waals surface area (Å²) in [6.07, 6.45) is 0. The lowest BCUT2D eigenvalue weighted by Gasteiger charge is -2.31. The Balaban J connectivity index is 2.84. The average Bonchev–Trinajstić information content (AvgIpc) is 2.39. The zero-order chi connectivity index (χ0) is 15.1. The van der Waals surface area contributed by atoms with Gasteiger partial charge in [-0.2, -0.15) is 0 Å². The number of hydrogen-bond acceptors (Lipinski definition) is 3. The number of nitrogens with zero attached hydrogens (tertiary/aromatic N) is 1. The van der Waals surface area contributed by atoms with E-state index < -0.39 is 0 Å². The van der Waals surface area contributed by atoms with Gasteiger partial charge in [0, 0.05) is 38.0 Å². The number of ether oxygens (including phenoxy) is 1. The SMILES string of the molecule is CCN(c1ccc(CNC(C)C)cc1C)C(C)COC. The second kappa shape index (κ2) is 8.28. The van der Waals surface area contributed by atoms with E-state index in [0.717, 1.165) is 19.7 Å². The summed E-state index contributed by atoms with van der Waals surface area (Å²) in [5, 5.41) is 3.46. The van der Waals surface area contributed by atoms with Crippen LogP contribution in [0.15, 0.2) is 18.2 Å². The predicted molar refractivity (Wildman–Crippen MR) is 87.5 cm³/mol. The highest BCUT2D eigenvalue weighted by atomic mass is 16.5. The van der Waals surface area contributed by atoms with Crippen LogP contribution in [0.1, 0.15) is 38.8 Å². The van der Waals surface area contributed by atoms with Crippen molar-refractivity contribution in [2.75, 3.05) is 25.2 Å². The van der Waals surface area contributed by atoms with E-state index >= 15 is 0 Å². The largest absolute Gasteiger partial charge is 0.383 e. The molecule has 114 valence electrons. The Labute approximate surface area is 124 Å². The summed E-state index contributed by atoms with van der Waals surface area (Å²) in [7, 11) is 1.76. The predicted octanol–water partition coefficient (Wildman–Crippen LogP) is 3.35. The molecule has 1 rings (SSSR count). The van der Waals surface area contributed by atoms with Crippen molar-refractivity contribution in [3.8, 4) is 0 Å². The number of rotatable bonds is 8. The number of likely N-dealkylation sites (N-methyl/N-ethyl adjacent to an activating group) is 1. The van der Waals surface area contributed by atoms with E-state index in [9.17, 15) is 0 Å².